The number of likely N-dealkylation sites (tertiary alicyclic amines) is 1. The van der Waals surface area contributed by atoms with Crippen LogP contribution in [0.2, 0.25) is 0 Å². The Balaban J connectivity index is 1.81. The van der Waals surface area contributed by atoms with Gasteiger partial charge in [0.1, 0.15) is 0 Å². The van der Waals surface area contributed by atoms with Crippen LogP contribution >= 0.6 is 11.8 Å². The molecule has 0 atom stereocenters. The Bertz CT molecular complexity index is 1040. The highest BCUT2D eigenvalue weighted by Gasteiger charge is 2.37. The number of nitrogens with two attached hydrogens (primary N) is 2. The number of benzene rings is 2. The molecule has 0 radical (unpaired) electrons. The summed E-state index contributed by atoms with van der Waals surface area (Å²) in [4.78, 5) is 30.7. The summed E-state index contributed by atoms with van der Waals surface area (Å²) in [7, 11) is 0. The van der Waals surface area contributed by atoms with Gasteiger partial charge in [0.15, 0.2) is 5.96 Å². The van der Waals surface area contributed by atoms with Crippen molar-refractivity contribution in [2.75, 3.05) is 19.3 Å². The molecule has 0 unspecified atom stereocenters. The molecule has 1 fully saturated rings. The minimum absolute atomic E-state index is 0.107. The van der Waals surface area contributed by atoms with Crippen LogP contribution in [0.4, 0.5) is 13.2 Å². The molecule has 2 aromatic rings. The number of hydrogen-bond acceptors (Lipinski definition) is 3. The summed E-state index contributed by atoms with van der Waals surface area (Å²) in [6.07, 6.45) is -1.98. The van der Waals surface area contributed by atoms with Crippen LogP contribution in [0.15, 0.2) is 52.4 Å². The van der Waals surface area contributed by atoms with Gasteiger partial charge in [0.05, 0.1) is 11.1 Å². The van der Waals surface area contributed by atoms with E-state index in [-0.39, 0.29) is 17.0 Å². The van der Waals surface area contributed by atoms with Crippen LogP contribution in [0.5, 0.6) is 0 Å². The van der Waals surface area contributed by atoms with Gasteiger partial charge >= 0.3 is 6.18 Å². The highest BCUT2D eigenvalue weighted by Crippen LogP contribution is 2.39. The standard InChI is InChI=1S/C22H23F3N4O2S/c1-32-18-5-3-2-4-16(18)20(31)29-10-8-13(9-11-29)15-7-6-14(19(30)28-21(26)27)12-17(15)22(23,24)25/h2-7,12-13H,8-11H2,1H3,(H4,26,27,28,30). The Kier molecular flexibility index (Phi) is 7.12. The van der Waals surface area contributed by atoms with E-state index in [2.05, 4.69) is 4.99 Å². The maximum Gasteiger partial charge on any atom is 0.416 e. The lowest BCUT2D eigenvalue weighted by Gasteiger charge is -2.33. The zero-order valence-corrected chi connectivity index (χ0v) is 18.2. The molecule has 10 heteroatoms. The normalized spacial score (nSPS) is 14.8. The van der Waals surface area contributed by atoms with Crippen LogP contribution in [-0.4, -0.2) is 42.0 Å². The average molecular weight is 465 g/mol. The number of nitrogens with zero attached hydrogens (tertiary/aromatic N) is 2. The molecular formula is C22H23F3N4O2S. The molecule has 4 N–H and O–H groups in total. The molecule has 0 aliphatic carbocycles. The SMILES string of the molecule is CSc1ccccc1C(=O)N1CCC(c2ccc(C(=O)N=C(N)N)cc2C(F)(F)F)CC1. The zero-order valence-electron chi connectivity index (χ0n) is 17.4. The molecule has 1 saturated heterocycles. The van der Waals surface area contributed by atoms with Crippen molar-refractivity contribution in [1.29, 1.82) is 0 Å². The van der Waals surface area contributed by atoms with E-state index >= 15 is 0 Å². The molecule has 0 spiro atoms. The third-order valence-electron chi connectivity index (χ3n) is 5.40. The van der Waals surface area contributed by atoms with Gasteiger partial charge in [0.2, 0.25) is 0 Å². The summed E-state index contributed by atoms with van der Waals surface area (Å²) >= 11 is 1.47. The van der Waals surface area contributed by atoms with Crippen LogP contribution in [0, 0.1) is 0 Å². The first-order chi connectivity index (χ1) is 15.1. The smallest absolute Gasteiger partial charge is 0.370 e. The van der Waals surface area contributed by atoms with E-state index in [1.807, 2.05) is 18.4 Å². The molecule has 0 aromatic heterocycles. The molecule has 2 amide bonds. The minimum Gasteiger partial charge on any atom is -0.370 e. The molecule has 0 bridgehead atoms. The van der Waals surface area contributed by atoms with Gasteiger partial charge in [0, 0.05) is 23.5 Å². The quantitative estimate of drug-likeness (QED) is 0.406. The summed E-state index contributed by atoms with van der Waals surface area (Å²) in [5.74, 6) is -1.97. The maximum absolute atomic E-state index is 13.8. The monoisotopic (exact) mass is 464 g/mol. The zero-order chi connectivity index (χ0) is 23.5. The lowest BCUT2D eigenvalue weighted by atomic mass is 9.85. The Morgan fingerprint density at radius 2 is 1.75 bits per heavy atom. The van der Waals surface area contributed by atoms with Crippen molar-refractivity contribution in [1.82, 2.24) is 4.90 Å². The summed E-state index contributed by atoms with van der Waals surface area (Å²) in [6, 6.07) is 10.7. The Hall–Kier alpha value is -3.01. The van der Waals surface area contributed by atoms with Crippen LogP contribution in [-0.2, 0) is 6.18 Å². The van der Waals surface area contributed by atoms with Crippen molar-refractivity contribution in [3.05, 3.63) is 64.7 Å². The number of halogens is 3. The molecule has 6 nitrogen and oxygen atoms in total. The number of amides is 2. The van der Waals surface area contributed by atoms with E-state index in [1.165, 1.54) is 23.9 Å². The molecule has 3 rings (SSSR count). The topological polar surface area (TPSA) is 102 Å². The van der Waals surface area contributed by atoms with Crippen molar-refractivity contribution in [2.24, 2.45) is 16.5 Å². The first-order valence-corrected chi connectivity index (χ1v) is 11.1. The largest absolute Gasteiger partial charge is 0.416 e. The van der Waals surface area contributed by atoms with Crippen LogP contribution in [0.3, 0.4) is 0 Å². The number of piperidine rings is 1. The van der Waals surface area contributed by atoms with Crippen LogP contribution in [0.1, 0.15) is 50.6 Å². The fraction of sp³-hybridized carbons (Fsp3) is 0.318. The fourth-order valence-electron chi connectivity index (χ4n) is 3.86. The van der Waals surface area contributed by atoms with Gasteiger partial charge in [-0.05, 0) is 54.8 Å². The molecule has 1 aliphatic heterocycles. The van der Waals surface area contributed by atoms with Crippen molar-refractivity contribution in [3.63, 3.8) is 0 Å². The van der Waals surface area contributed by atoms with Crippen molar-refractivity contribution in [2.45, 2.75) is 29.8 Å². The lowest BCUT2D eigenvalue weighted by molar-refractivity contribution is -0.138. The highest BCUT2D eigenvalue weighted by molar-refractivity contribution is 7.98. The number of hydrogen-bond donors (Lipinski definition) is 2. The second-order valence-electron chi connectivity index (χ2n) is 7.41. The number of carbonyl (C=O) groups excluding carboxylic acids is 2. The highest BCUT2D eigenvalue weighted by atomic mass is 32.2. The van der Waals surface area contributed by atoms with Gasteiger partial charge in [-0.1, -0.05) is 18.2 Å². The van der Waals surface area contributed by atoms with Gasteiger partial charge in [-0.3, -0.25) is 9.59 Å². The van der Waals surface area contributed by atoms with E-state index in [9.17, 15) is 22.8 Å². The van der Waals surface area contributed by atoms with Gasteiger partial charge in [-0.2, -0.15) is 18.2 Å². The molecule has 0 saturated carbocycles. The second kappa shape index (κ2) is 9.64. The van der Waals surface area contributed by atoms with Crippen molar-refractivity contribution < 1.29 is 22.8 Å². The van der Waals surface area contributed by atoms with Crippen molar-refractivity contribution in [3.8, 4) is 0 Å². The number of rotatable bonds is 4. The van der Waals surface area contributed by atoms with Gasteiger partial charge in [-0.25, -0.2) is 0 Å². The van der Waals surface area contributed by atoms with Gasteiger partial charge in [-0.15, -0.1) is 11.8 Å². The minimum atomic E-state index is -4.65. The van der Waals surface area contributed by atoms with Crippen LogP contribution < -0.4 is 11.5 Å². The average Bonchev–Trinajstić information content (AvgIpc) is 2.77. The summed E-state index contributed by atoms with van der Waals surface area (Å²) < 4.78 is 41.3. The summed E-state index contributed by atoms with van der Waals surface area (Å²) in [5.41, 5.74) is 9.88. The Labute approximate surface area is 187 Å². The van der Waals surface area contributed by atoms with Crippen molar-refractivity contribution >= 4 is 29.5 Å². The summed E-state index contributed by atoms with van der Waals surface area (Å²) in [6.45, 7) is 0.691. The molecule has 32 heavy (non-hydrogen) atoms. The molecule has 2 aromatic carbocycles. The second-order valence-corrected chi connectivity index (χ2v) is 8.26. The van der Waals surface area contributed by atoms with E-state index in [0.29, 0.717) is 31.5 Å². The first kappa shape index (κ1) is 23.6. The first-order valence-electron chi connectivity index (χ1n) is 9.89. The summed E-state index contributed by atoms with van der Waals surface area (Å²) in [5, 5.41) is 0. The lowest BCUT2D eigenvalue weighted by Crippen LogP contribution is -2.38. The number of guanidine groups is 1. The molecule has 170 valence electrons. The molecular weight excluding hydrogens is 441 g/mol. The number of aliphatic imine (C=N–C) groups is 1. The number of alkyl halides is 3. The van der Waals surface area contributed by atoms with Gasteiger partial charge in [0.25, 0.3) is 11.8 Å². The van der Waals surface area contributed by atoms with E-state index < -0.39 is 29.5 Å². The van der Waals surface area contributed by atoms with E-state index in [0.717, 1.165) is 11.0 Å². The molecule has 1 heterocycles. The Morgan fingerprint density at radius 3 is 2.34 bits per heavy atom. The van der Waals surface area contributed by atoms with Gasteiger partial charge < -0.3 is 16.4 Å². The van der Waals surface area contributed by atoms with E-state index in [1.54, 1.807) is 17.0 Å². The number of thioether (sulfide) groups is 1. The predicted octanol–water partition coefficient (Wildman–Crippen LogP) is 3.86. The van der Waals surface area contributed by atoms with E-state index in [4.69, 9.17) is 11.5 Å². The maximum atomic E-state index is 13.8. The van der Waals surface area contributed by atoms with Crippen LogP contribution in [0.25, 0.3) is 0 Å². The Morgan fingerprint density at radius 1 is 1.09 bits per heavy atom. The predicted molar refractivity (Wildman–Crippen MR) is 118 cm³/mol. The number of carbonyl (C=O) groups is 2. The fourth-order valence-corrected chi connectivity index (χ4v) is 4.45. The third-order valence-corrected chi connectivity index (χ3v) is 6.19. The third kappa shape index (κ3) is 5.24. The molecule has 1 aliphatic rings.